The maximum atomic E-state index is 13.9. The zero-order valence-corrected chi connectivity index (χ0v) is 12.3. The summed E-state index contributed by atoms with van der Waals surface area (Å²) in [4.78, 5) is 0. The van der Waals surface area contributed by atoms with Crippen LogP contribution in [0.3, 0.4) is 0 Å². The van der Waals surface area contributed by atoms with Crippen molar-refractivity contribution < 1.29 is 4.39 Å². The van der Waals surface area contributed by atoms with Gasteiger partial charge >= 0.3 is 0 Å². The molecular weight excluding hydrogens is 310 g/mol. The first kappa shape index (κ1) is 13.9. The van der Waals surface area contributed by atoms with Crippen LogP contribution in [0.15, 0.2) is 42.6 Å². The standard InChI is InChI=1S/C16H9Cl2FN2/c17-12-6-14(18)13-3-4-21(16(13)7-12)9-11-5-10(8-20)1-2-15(11)19/h1-7H,9H2. The van der Waals surface area contributed by atoms with Crippen LogP contribution < -0.4 is 0 Å². The van der Waals surface area contributed by atoms with Gasteiger partial charge < -0.3 is 4.57 Å². The molecule has 0 bridgehead atoms. The Balaban J connectivity index is 2.09. The van der Waals surface area contributed by atoms with E-state index >= 15 is 0 Å². The molecule has 0 atom stereocenters. The Morgan fingerprint density at radius 3 is 2.71 bits per heavy atom. The van der Waals surface area contributed by atoms with Gasteiger partial charge in [0.2, 0.25) is 0 Å². The molecule has 2 nitrogen and oxygen atoms in total. The molecule has 1 heterocycles. The van der Waals surface area contributed by atoms with Crippen LogP contribution in [0.5, 0.6) is 0 Å². The van der Waals surface area contributed by atoms with Gasteiger partial charge in [-0.15, -0.1) is 0 Å². The molecule has 3 aromatic rings. The van der Waals surface area contributed by atoms with Gasteiger partial charge in [0.05, 0.1) is 28.7 Å². The van der Waals surface area contributed by atoms with Crippen molar-refractivity contribution in [2.45, 2.75) is 6.54 Å². The van der Waals surface area contributed by atoms with Gasteiger partial charge in [0.15, 0.2) is 0 Å². The third kappa shape index (κ3) is 2.61. The Morgan fingerprint density at radius 1 is 1.14 bits per heavy atom. The molecule has 0 amide bonds. The average molecular weight is 319 g/mol. The summed E-state index contributed by atoms with van der Waals surface area (Å²) in [5.41, 5.74) is 1.70. The van der Waals surface area contributed by atoms with Crippen molar-refractivity contribution in [3.8, 4) is 6.07 Å². The summed E-state index contributed by atoms with van der Waals surface area (Å²) < 4.78 is 15.7. The van der Waals surface area contributed by atoms with Crippen molar-refractivity contribution in [3.63, 3.8) is 0 Å². The highest BCUT2D eigenvalue weighted by atomic mass is 35.5. The molecule has 0 fully saturated rings. The predicted molar refractivity (Wildman–Crippen MR) is 82.2 cm³/mol. The Kier molecular flexibility index (Phi) is 3.59. The number of halogens is 3. The van der Waals surface area contributed by atoms with E-state index in [-0.39, 0.29) is 5.82 Å². The van der Waals surface area contributed by atoms with Crippen LogP contribution >= 0.6 is 23.2 Å². The fourth-order valence-corrected chi connectivity index (χ4v) is 2.85. The molecule has 0 aliphatic carbocycles. The molecule has 0 N–H and O–H groups in total. The number of fused-ring (bicyclic) bond motifs is 1. The summed E-state index contributed by atoms with van der Waals surface area (Å²) in [7, 11) is 0. The molecule has 0 saturated heterocycles. The largest absolute Gasteiger partial charge is 0.343 e. The molecular formula is C16H9Cl2FN2. The number of nitriles is 1. The van der Waals surface area contributed by atoms with E-state index in [4.69, 9.17) is 28.5 Å². The Bertz CT molecular complexity index is 878. The number of benzene rings is 2. The van der Waals surface area contributed by atoms with Gasteiger partial charge in [-0.1, -0.05) is 23.2 Å². The topological polar surface area (TPSA) is 28.7 Å². The smallest absolute Gasteiger partial charge is 0.128 e. The summed E-state index contributed by atoms with van der Waals surface area (Å²) in [6.07, 6.45) is 1.82. The minimum atomic E-state index is -0.344. The summed E-state index contributed by atoms with van der Waals surface area (Å²) in [6.45, 7) is 0.307. The van der Waals surface area contributed by atoms with E-state index in [1.165, 1.54) is 12.1 Å². The van der Waals surface area contributed by atoms with Crippen LogP contribution in [-0.2, 0) is 6.54 Å². The second-order valence-corrected chi connectivity index (χ2v) is 5.53. The predicted octanol–water partition coefficient (Wildman–Crippen LogP) is 5.01. The number of hydrogen-bond donors (Lipinski definition) is 0. The van der Waals surface area contributed by atoms with Gasteiger partial charge in [-0.05, 0) is 36.4 Å². The summed E-state index contributed by atoms with van der Waals surface area (Å²) in [5, 5.41) is 10.9. The van der Waals surface area contributed by atoms with E-state index in [0.29, 0.717) is 27.7 Å². The van der Waals surface area contributed by atoms with E-state index in [2.05, 4.69) is 0 Å². The number of nitrogens with zero attached hydrogens (tertiary/aromatic N) is 2. The van der Waals surface area contributed by atoms with E-state index in [1.807, 2.05) is 22.9 Å². The quantitative estimate of drug-likeness (QED) is 0.653. The molecule has 0 aliphatic heterocycles. The first-order valence-electron chi connectivity index (χ1n) is 6.21. The Morgan fingerprint density at radius 2 is 1.95 bits per heavy atom. The fraction of sp³-hybridized carbons (Fsp3) is 0.0625. The first-order valence-corrected chi connectivity index (χ1v) is 6.96. The average Bonchev–Trinajstić information content (AvgIpc) is 2.84. The van der Waals surface area contributed by atoms with Crippen LogP contribution in [0.1, 0.15) is 11.1 Å². The third-order valence-electron chi connectivity index (χ3n) is 3.32. The van der Waals surface area contributed by atoms with E-state index < -0.39 is 0 Å². The Labute approximate surface area is 130 Å². The molecule has 2 aromatic carbocycles. The van der Waals surface area contributed by atoms with Crippen LogP contribution in [0.25, 0.3) is 10.9 Å². The lowest BCUT2D eigenvalue weighted by Crippen LogP contribution is -2.01. The van der Waals surface area contributed by atoms with Crippen LogP contribution in [0, 0.1) is 17.1 Å². The summed E-state index contributed by atoms with van der Waals surface area (Å²) in [6, 6.07) is 11.6. The van der Waals surface area contributed by atoms with E-state index in [9.17, 15) is 4.39 Å². The highest BCUT2D eigenvalue weighted by Crippen LogP contribution is 2.29. The van der Waals surface area contributed by atoms with Gasteiger partial charge in [-0.25, -0.2) is 4.39 Å². The van der Waals surface area contributed by atoms with Crippen molar-refractivity contribution in [1.29, 1.82) is 5.26 Å². The molecule has 0 saturated carbocycles. The minimum absolute atomic E-state index is 0.307. The number of aromatic nitrogens is 1. The van der Waals surface area contributed by atoms with Gasteiger partial charge in [0.25, 0.3) is 0 Å². The molecule has 0 spiro atoms. The molecule has 5 heteroatoms. The highest BCUT2D eigenvalue weighted by molar-refractivity contribution is 6.38. The molecule has 0 unspecified atom stereocenters. The number of rotatable bonds is 2. The second-order valence-electron chi connectivity index (χ2n) is 4.68. The summed E-state index contributed by atoms with van der Waals surface area (Å²) >= 11 is 12.2. The molecule has 3 rings (SSSR count). The molecule has 0 radical (unpaired) electrons. The second kappa shape index (κ2) is 5.40. The lowest BCUT2D eigenvalue weighted by atomic mass is 10.1. The van der Waals surface area contributed by atoms with Gasteiger partial charge in [-0.2, -0.15) is 5.26 Å². The Hall–Kier alpha value is -2.02. The summed E-state index contributed by atoms with van der Waals surface area (Å²) in [5.74, 6) is -0.344. The zero-order chi connectivity index (χ0) is 15.0. The van der Waals surface area contributed by atoms with Crippen molar-refractivity contribution in [3.05, 3.63) is 69.6 Å². The van der Waals surface area contributed by atoms with Crippen molar-refractivity contribution in [1.82, 2.24) is 4.57 Å². The normalized spacial score (nSPS) is 10.8. The van der Waals surface area contributed by atoms with Crippen LogP contribution in [-0.4, -0.2) is 4.57 Å². The minimum Gasteiger partial charge on any atom is -0.343 e. The van der Waals surface area contributed by atoms with Crippen molar-refractivity contribution in [2.24, 2.45) is 0 Å². The molecule has 0 aliphatic rings. The van der Waals surface area contributed by atoms with E-state index in [1.54, 1.807) is 18.2 Å². The monoisotopic (exact) mass is 318 g/mol. The maximum absolute atomic E-state index is 13.9. The van der Waals surface area contributed by atoms with Gasteiger partial charge in [0.1, 0.15) is 5.82 Å². The number of hydrogen-bond acceptors (Lipinski definition) is 1. The maximum Gasteiger partial charge on any atom is 0.128 e. The van der Waals surface area contributed by atoms with Crippen molar-refractivity contribution >= 4 is 34.1 Å². The fourth-order valence-electron chi connectivity index (χ4n) is 2.31. The lowest BCUT2D eigenvalue weighted by Gasteiger charge is -2.08. The van der Waals surface area contributed by atoms with Crippen molar-refractivity contribution in [2.75, 3.05) is 0 Å². The van der Waals surface area contributed by atoms with Gasteiger partial charge in [-0.3, -0.25) is 0 Å². The SMILES string of the molecule is N#Cc1ccc(F)c(Cn2ccc3c(Cl)cc(Cl)cc32)c1. The molecule has 1 aromatic heterocycles. The lowest BCUT2D eigenvalue weighted by molar-refractivity contribution is 0.602. The van der Waals surface area contributed by atoms with Crippen LogP contribution in [0.2, 0.25) is 10.0 Å². The van der Waals surface area contributed by atoms with Gasteiger partial charge in [0, 0.05) is 22.2 Å². The third-order valence-corrected chi connectivity index (χ3v) is 3.85. The molecule has 21 heavy (non-hydrogen) atoms. The highest BCUT2D eigenvalue weighted by Gasteiger charge is 2.09. The van der Waals surface area contributed by atoms with Crippen LogP contribution in [0.4, 0.5) is 4.39 Å². The first-order chi connectivity index (χ1) is 10.1. The van der Waals surface area contributed by atoms with E-state index in [0.717, 1.165) is 10.9 Å². The zero-order valence-electron chi connectivity index (χ0n) is 10.8. The molecule has 104 valence electrons.